The van der Waals surface area contributed by atoms with Crippen LogP contribution in [0.2, 0.25) is 0 Å². The monoisotopic (exact) mass is 394 g/mol. The van der Waals surface area contributed by atoms with E-state index in [-0.39, 0.29) is 17.6 Å². The van der Waals surface area contributed by atoms with Gasteiger partial charge in [0.25, 0.3) is 11.5 Å². The number of nitrogens with one attached hydrogen (secondary N) is 1. The normalized spacial score (nSPS) is 13.0. The van der Waals surface area contributed by atoms with E-state index in [4.69, 9.17) is 15.2 Å². The van der Waals surface area contributed by atoms with Crippen LogP contribution in [0.4, 0.5) is 5.69 Å². The van der Waals surface area contributed by atoms with Gasteiger partial charge >= 0.3 is 0 Å². The molecule has 2 heterocycles. The zero-order chi connectivity index (χ0) is 20.4. The number of anilines is 1. The molecule has 0 atom stereocenters. The Bertz CT molecular complexity index is 1170. The second-order valence-electron chi connectivity index (χ2n) is 6.48. The number of ether oxygens (including phenoxy) is 2. The van der Waals surface area contributed by atoms with E-state index in [1.807, 2.05) is 0 Å². The molecule has 0 spiro atoms. The quantitative estimate of drug-likeness (QED) is 0.687. The number of fused-ring (bicyclic) bond motifs is 2. The molecule has 0 aliphatic carbocycles. The number of hydrogen-bond donors (Lipinski definition) is 2. The Kier molecular flexibility index (Phi) is 4.86. The molecule has 1 aliphatic heterocycles. The van der Waals surface area contributed by atoms with Gasteiger partial charge in [0, 0.05) is 23.6 Å². The average molecular weight is 394 g/mol. The first kappa shape index (κ1) is 18.5. The Labute approximate surface area is 165 Å². The lowest BCUT2D eigenvalue weighted by Gasteiger charge is -2.12. The topological polar surface area (TPSA) is 126 Å². The first-order valence-electron chi connectivity index (χ1n) is 9.02. The summed E-state index contributed by atoms with van der Waals surface area (Å²) < 4.78 is 12.1. The summed E-state index contributed by atoms with van der Waals surface area (Å²) in [6, 6.07) is 11.5. The molecule has 0 saturated heterocycles. The highest BCUT2D eigenvalue weighted by Crippen LogP contribution is 2.32. The summed E-state index contributed by atoms with van der Waals surface area (Å²) in [5, 5.41) is 7.30. The van der Waals surface area contributed by atoms with E-state index in [9.17, 15) is 14.4 Å². The van der Waals surface area contributed by atoms with Crippen molar-refractivity contribution in [2.75, 3.05) is 18.5 Å². The number of primary amides is 1. The summed E-state index contributed by atoms with van der Waals surface area (Å²) in [5.74, 6) is -0.116. The molecule has 9 heteroatoms. The van der Waals surface area contributed by atoms with Crippen LogP contribution in [-0.2, 0) is 11.3 Å². The van der Waals surface area contributed by atoms with E-state index in [0.717, 1.165) is 11.1 Å². The molecule has 9 nitrogen and oxygen atoms in total. The number of nitrogens with zero attached hydrogens (tertiary/aromatic N) is 2. The molecule has 4 rings (SSSR count). The lowest BCUT2D eigenvalue weighted by Crippen LogP contribution is -2.32. The molecule has 3 aromatic rings. The van der Waals surface area contributed by atoms with Crippen LogP contribution in [0.3, 0.4) is 0 Å². The van der Waals surface area contributed by atoms with Gasteiger partial charge in [0.15, 0.2) is 17.2 Å². The maximum atomic E-state index is 12.7. The minimum Gasteiger partial charge on any atom is -0.490 e. The van der Waals surface area contributed by atoms with Crippen molar-refractivity contribution < 1.29 is 19.1 Å². The molecule has 0 fully saturated rings. The highest BCUT2D eigenvalue weighted by atomic mass is 16.5. The molecule has 1 aromatic heterocycles. The van der Waals surface area contributed by atoms with Crippen molar-refractivity contribution in [3.05, 3.63) is 58.5 Å². The maximum absolute atomic E-state index is 12.7. The van der Waals surface area contributed by atoms with E-state index >= 15 is 0 Å². The third-order valence-corrected chi connectivity index (χ3v) is 4.43. The first-order valence-corrected chi connectivity index (χ1v) is 9.02. The Morgan fingerprint density at radius 3 is 2.55 bits per heavy atom. The third kappa shape index (κ3) is 3.75. The van der Waals surface area contributed by atoms with E-state index in [1.54, 1.807) is 42.5 Å². The summed E-state index contributed by atoms with van der Waals surface area (Å²) >= 11 is 0. The Morgan fingerprint density at radius 2 is 1.79 bits per heavy atom. The molecule has 0 saturated carbocycles. The standard InChI is InChI=1S/C20H18N4O5/c21-19(26)18-13-4-1-2-5-14(13)20(27)24(23-18)11-17(25)22-12-6-7-15-16(10-12)29-9-3-8-28-15/h1-2,4-7,10H,3,8-9,11H2,(H2,21,26)(H,22,25). The molecule has 2 aromatic carbocycles. The van der Waals surface area contributed by atoms with Gasteiger partial charge in [-0.05, 0) is 18.2 Å². The van der Waals surface area contributed by atoms with E-state index < -0.39 is 17.4 Å². The lowest BCUT2D eigenvalue weighted by atomic mass is 10.1. The number of aromatic nitrogens is 2. The first-order chi connectivity index (χ1) is 14.0. The van der Waals surface area contributed by atoms with Gasteiger partial charge in [-0.2, -0.15) is 5.10 Å². The van der Waals surface area contributed by atoms with Crippen LogP contribution >= 0.6 is 0 Å². The molecular weight excluding hydrogens is 376 g/mol. The summed E-state index contributed by atoms with van der Waals surface area (Å²) in [4.78, 5) is 36.9. The van der Waals surface area contributed by atoms with E-state index in [2.05, 4.69) is 10.4 Å². The zero-order valence-corrected chi connectivity index (χ0v) is 15.4. The fourth-order valence-electron chi connectivity index (χ4n) is 3.10. The lowest BCUT2D eigenvalue weighted by molar-refractivity contribution is -0.117. The summed E-state index contributed by atoms with van der Waals surface area (Å²) in [6.45, 7) is 0.715. The van der Waals surface area contributed by atoms with Gasteiger partial charge in [-0.3, -0.25) is 14.4 Å². The van der Waals surface area contributed by atoms with Crippen molar-refractivity contribution in [2.24, 2.45) is 5.73 Å². The SMILES string of the molecule is NC(=O)c1nn(CC(=O)Nc2ccc3c(c2)OCCCO3)c(=O)c2ccccc12. The molecule has 29 heavy (non-hydrogen) atoms. The molecule has 148 valence electrons. The Balaban J connectivity index is 1.60. The maximum Gasteiger partial charge on any atom is 0.275 e. The van der Waals surface area contributed by atoms with Gasteiger partial charge in [-0.15, -0.1) is 0 Å². The van der Waals surface area contributed by atoms with E-state index in [0.29, 0.717) is 35.8 Å². The smallest absolute Gasteiger partial charge is 0.275 e. The summed E-state index contributed by atoms with van der Waals surface area (Å²) in [6.07, 6.45) is 0.773. The highest BCUT2D eigenvalue weighted by molar-refractivity contribution is 6.04. The van der Waals surface area contributed by atoms with Gasteiger partial charge < -0.3 is 20.5 Å². The van der Waals surface area contributed by atoms with Gasteiger partial charge in [-0.1, -0.05) is 18.2 Å². The molecular formula is C20H18N4O5. The number of hydrogen-bond acceptors (Lipinski definition) is 6. The second-order valence-corrected chi connectivity index (χ2v) is 6.48. The van der Waals surface area contributed by atoms with Crippen LogP contribution in [-0.4, -0.2) is 34.8 Å². The van der Waals surface area contributed by atoms with Gasteiger partial charge in [-0.25, -0.2) is 4.68 Å². The van der Waals surface area contributed by atoms with Crippen LogP contribution in [0, 0.1) is 0 Å². The number of rotatable bonds is 4. The Hall–Kier alpha value is -3.88. The van der Waals surface area contributed by atoms with Crippen LogP contribution < -0.4 is 26.1 Å². The Morgan fingerprint density at radius 1 is 1.07 bits per heavy atom. The number of carbonyl (C=O) groups excluding carboxylic acids is 2. The molecule has 0 unspecified atom stereocenters. The van der Waals surface area contributed by atoms with Gasteiger partial charge in [0.1, 0.15) is 6.54 Å². The average Bonchev–Trinajstić information content (AvgIpc) is 2.95. The number of nitrogens with two attached hydrogens (primary N) is 1. The number of amides is 2. The minimum atomic E-state index is -0.779. The highest BCUT2D eigenvalue weighted by Gasteiger charge is 2.17. The van der Waals surface area contributed by atoms with Crippen LogP contribution in [0.25, 0.3) is 10.8 Å². The fraction of sp³-hybridized carbons (Fsp3) is 0.200. The zero-order valence-electron chi connectivity index (χ0n) is 15.4. The van der Waals surface area contributed by atoms with Crippen LogP contribution in [0.15, 0.2) is 47.3 Å². The van der Waals surface area contributed by atoms with Crippen molar-refractivity contribution in [2.45, 2.75) is 13.0 Å². The third-order valence-electron chi connectivity index (χ3n) is 4.43. The molecule has 0 bridgehead atoms. The van der Waals surface area contributed by atoms with Crippen molar-refractivity contribution in [1.82, 2.24) is 9.78 Å². The van der Waals surface area contributed by atoms with Crippen molar-refractivity contribution in [1.29, 1.82) is 0 Å². The van der Waals surface area contributed by atoms with Crippen molar-refractivity contribution >= 4 is 28.3 Å². The molecule has 1 aliphatic rings. The predicted molar refractivity (Wildman–Crippen MR) is 105 cm³/mol. The van der Waals surface area contributed by atoms with E-state index in [1.165, 1.54) is 0 Å². The number of benzene rings is 2. The van der Waals surface area contributed by atoms with Crippen LogP contribution in [0.5, 0.6) is 11.5 Å². The fourth-order valence-corrected chi connectivity index (χ4v) is 3.10. The van der Waals surface area contributed by atoms with Gasteiger partial charge in [0.2, 0.25) is 5.91 Å². The predicted octanol–water partition coefficient (Wildman–Crippen LogP) is 1.30. The van der Waals surface area contributed by atoms with Gasteiger partial charge in [0.05, 0.1) is 18.6 Å². The minimum absolute atomic E-state index is 0.0661. The summed E-state index contributed by atoms with van der Waals surface area (Å²) in [7, 11) is 0. The largest absolute Gasteiger partial charge is 0.490 e. The van der Waals surface area contributed by atoms with Crippen molar-refractivity contribution in [3.8, 4) is 11.5 Å². The number of carbonyl (C=O) groups is 2. The van der Waals surface area contributed by atoms with Crippen molar-refractivity contribution in [3.63, 3.8) is 0 Å². The summed E-state index contributed by atoms with van der Waals surface area (Å²) in [5.41, 5.74) is 5.32. The molecule has 2 amide bonds. The molecule has 0 radical (unpaired) electrons. The van der Waals surface area contributed by atoms with Crippen LogP contribution in [0.1, 0.15) is 16.9 Å². The molecule has 3 N–H and O–H groups in total. The second kappa shape index (κ2) is 7.63.